The zero-order valence-corrected chi connectivity index (χ0v) is 14.2. The fraction of sp³-hybridized carbons (Fsp3) is 0.500. The number of esters is 1. The number of carbonyl (C=O) groups is 2. The van der Waals surface area contributed by atoms with Gasteiger partial charge in [0.1, 0.15) is 0 Å². The molecule has 0 rings (SSSR count). The van der Waals surface area contributed by atoms with Crippen molar-refractivity contribution in [2.45, 2.75) is 20.1 Å². The molecule has 0 heterocycles. The summed E-state index contributed by atoms with van der Waals surface area (Å²) in [6.45, 7) is 2.67. The van der Waals surface area contributed by atoms with Gasteiger partial charge in [0.2, 0.25) is 6.29 Å². The zero-order chi connectivity index (χ0) is 12.0. The van der Waals surface area contributed by atoms with Crippen LogP contribution in [0.15, 0.2) is 4.99 Å². The van der Waals surface area contributed by atoms with E-state index in [2.05, 4.69) is 14.5 Å². The summed E-state index contributed by atoms with van der Waals surface area (Å²) in [5.74, 6) is -0.515. The normalized spacial score (nSPS) is 13.0. The standard InChI is InChI=1S/C6H7I3N2O4/c1-3(12)14-4(2)15-6(13)10-5(7)11(8)9/h4H,1-2H3/b10-5-. The van der Waals surface area contributed by atoms with Crippen LogP contribution in [0, 0.1) is 0 Å². The molecular weight excluding hydrogens is 545 g/mol. The summed E-state index contributed by atoms with van der Waals surface area (Å²) in [6.07, 6.45) is -1.73. The van der Waals surface area contributed by atoms with Crippen LogP contribution in [0.3, 0.4) is 0 Å². The van der Waals surface area contributed by atoms with E-state index in [0.717, 1.165) is 0 Å². The predicted octanol–water partition coefficient (Wildman–Crippen LogP) is 2.83. The number of amides is 1. The van der Waals surface area contributed by atoms with Gasteiger partial charge in [-0.3, -0.25) is 4.79 Å². The van der Waals surface area contributed by atoms with E-state index in [0.29, 0.717) is 3.84 Å². The fourth-order valence-electron chi connectivity index (χ4n) is 0.539. The summed E-state index contributed by atoms with van der Waals surface area (Å²) in [4.78, 5) is 25.2. The van der Waals surface area contributed by atoms with Crippen LogP contribution in [-0.2, 0) is 14.3 Å². The highest BCUT2D eigenvalue weighted by Gasteiger charge is 2.12. The third-order valence-electron chi connectivity index (χ3n) is 0.922. The fourth-order valence-corrected chi connectivity index (χ4v) is 0.952. The molecule has 15 heavy (non-hydrogen) atoms. The quantitative estimate of drug-likeness (QED) is 0.100. The average molecular weight is 552 g/mol. The Bertz CT molecular complexity index is 282. The Morgan fingerprint density at radius 3 is 2.27 bits per heavy atom. The van der Waals surface area contributed by atoms with Gasteiger partial charge in [0.15, 0.2) is 3.84 Å². The lowest BCUT2D eigenvalue weighted by atomic mass is 10.7. The predicted molar refractivity (Wildman–Crippen MR) is 79.0 cm³/mol. The van der Waals surface area contributed by atoms with Gasteiger partial charge in [0, 0.05) is 36.4 Å². The molecule has 9 heteroatoms. The molecule has 0 saturated carbocycles. The number of hydrogen-bond acceptors (Lipinski definition) is 4. The molecule has 0 aliphatic rings. The minimum atomic E-state index is -0.931. The number of rotatable bonds is 2. The van der Waals surface area contributed by atoms with E-state index >= 15 is 0 Å². The Hall–Kier alpha value is 0.600. The second-order valence-electron chi connectivity index (χ2n) is 2.17. The molecule has 6 nitrogen and oxygen atoms in total. The summed E-state index contributed by atoms with van der Waals surface area (Å²) in [6, 6.07) is 0. The summed E-state index contributed by atoms with van der Waals surface area (Å²) in [7, 11) is 0. The van der Waals surface area contributed by atoms with Crippen molar-refractivity contribution in [2.24, 2.45) is 4.99 Å². The van der Waals surface area contributed by atoms with Crippen LogP contribution in [0.2, 0.25) is 0 Å². The van der Waals surface area contributed by atoms with Gasteiger partial charge in [-0.2, -0.15) is 4.99 Å². The van der Waals surface area contributed by atoms with E-state index < -0.39 is 18.4 Å². The van der Waals surface area contributed by atoms with Crippen molar-refractivity contribution in [3.63, 3.8) is 0 Å². The van der Waals surface area contributed by atoms with Crippen LogP contribution in [0.1, 0.15) is 13.8 Å². The lowest BCUT2D eigenvalue weighted by Crippen LogP contribution is -2.19. The van der Waals surface area contributed by atoms with Gasteiger partial charge in [-0.05, 0) is 0 Å². The van der Waals surface area contributed by atoms with Crippen molar-refractivity contribution in [3.8, 4) is 0 Å². The van der Waals surface area contributed by atoms with Crippen molar-refractivity contribution < 1.29 is 19.1 Å². The van der Waals surface area contributed by atoms with Crippen LogP contribution in [0.25, 0.3) is 0 Å². The number of halogens is 3. The Balaban J connectivity index is 4.14. The highest BCUT2D eigenvalue weighted by molar-refractivity contribution is 14.2. The maximum Gasteiger partial charge on any atom is 0.439 e. The first kappa shape index (κ1) is 15.6. The molecule has 86 valence electrons. The molecule has 1 atom stereocenters. The summed E-state index contributed by atoms with van der Waals surface area (Å²) < 4.78 is 11.3. The number of amidine groups is 1. The molecule has 0 radical (unpaired) electrons. The van der Waals surface area contributed by atoms with Crippen LogP contribution in [-0.4, -0.2) is 23.5 Å². The molecule has 1 unspecified atom stereocenters. The summed E-state index contributed by atoms with van der Waals surface area (Å²) in [5.41, 5.74) is 0. The van der Waals surface area contributed by atoms with Gasteiger partial charge in [-0.15, -0.1) is 0 Å². The maximum absolute atomic E-state index is 11.1. The van der Waals surface area contributed by atoms with Crippen LogP contribution in [0.4, 0.5) is 4.79 Å². The molecule has 0 bridgehead atoms. The van der Waals surface area contributed by atoms with Gasteiger partial charge in [0.05, 0.1) is 45.7 Å². The molecule has 0 aliphatic carbocycles. The minimum absolute atomic E-state index is 0.453. The molecule has 1 amide bonds. The maximum atomic E-state index is 11.1. The molecule has 0 aromatic heterocycles. The number of nitrogens with zero attached hydrogens (tertiary/aromatic N) is 2. The second-order valence-corrected chi connectivity index (χ2v) is 6.92. The van der Waals surface area contributed by atoms with Crippen LogP contribution in [0.5, 0.6) is 0 Å². The molecular formula is C6H7I3N2O4. The lowest BCUT2D eigenvalue weighted by Gasteiger charge is -2.11. The lowest BCUT2D eigenvalue weighted by molar-refractivity contribution is -0.161. The van der Waals surface area contributed by atoms with Gasteiger partial charge >= 0.3 is 12.1 Å². The molecule has 0 aromatic carbocycles. The molecule has 0 saturated heterocycles. The van der Waals surface area contributed by atoms with Crippen LogP contribution >= 0.6 is 68.3 Å². The highest BCUT2D eigenvalue weighted by Crippen LogP contribution is 2.14. The van der Waals surface area contributed by atoms with Crippen molar-refractivity contribution in [2.75, 3.05) is 0 Å². The molecule has 0 aliphatic heterocycles. The van der Waals surface area contributed by atoms with E-state index in [-0.39, 0.29) is 0 Å². The monoisotopic (exact) mass is 552 g/mol. The van der Waals surface area contributed by atoms with E-state index in [9.17, 15) is 9.59 Å². The molecule has 0 N–H and O–H groups in total. The van der Waals surface area contributed by atoms with E-state index in [1.54, 1.807) is 1.33 Å². The Kier molecular flexibility index (Phi) is 8.12. The number of aliphatic imine (C=N–C) groups is 1. The molecule has 0 spiro atoms. The topological polar surface area (TPSA) is 68.2 Å². The third kappa shape index (κ3) is 8.41. The smallest absolute Gasteiger partial charge is 0.426 e. The minimum Gasteiger partial charge on any atom is -0.426 e. The number of ether oxygens (including phenoxy) is 2. The number of carbonyl (C=O) groups excluding carboxylic acids is 2. The summed E-state index contributed by atoms with van der Waals surface area (Å²) >= 11 is 5.76. The first-order valence-corrected chi connectivity index (χ1v) is 6.57. The summed E-state index contributed by atoms with van der Waals surface area (Å²) in [5, 5.41) is 0. The van der Waals surface area contributed by atoms with Gasteiger partial charge in [0.25, 0.3) is 0 Å². The average Bonchev–Trinajstić information content (AvgIpc) is 2.00. The van der Waals surface area contributed by atoms with Crippen LogP contribution < -0.4 is 0 Å². The number of hydrogen-bond donors (Lipinski definition) is 0. The Morgan fingerprint density at radius 2 is 1.87 bits per heavy atom. The first-order valence-electron chi connectivity index (χ1n) is 3.56. The largest absolute Gasteiger partial charge is 0.439 e. The van der Waals surface area contributed by atoms with E-state index in [1.165, 1.54) is 13.8 Å². The second kappa shape index (κ2) is 7.81. The Labute approximate surface area is 128 Å². The zero-order valence-electron chi connectivity index (χ0n) is 7.74. The van der Waals surface area contributed by atoms with E-state index in [4.69, 9.17) is 0 Å². The third-order valence-corrected chi connectivity index (χ3v) is 4.41. The van der Waals surface area contributed by atoms with Gasteiger partial charge < -0.3 is 9.47 Å². The van der Waals surface area contributed by atoms with Gasteiger partial charge in [-0.1, -0.05) is 0 Å². The highest BCUT2D eigenvalue weighted by atomic mass is 127. The van der Waals surface area contributed by atoms with E-state index in [1.807, 2.05) is 68.3 Å². The van der Waals surface area contributed by atoms with Crippen molar-refractivity contribution in [1.29, 1.82) is 0 Å². The first-order chi connectivity index (χ1) is 6.82. The van der Waals surface area contributed by atoms with Gasteiger partial charge in [-0.25, -0.2) is 6.12 Å². The van der Waals surface area contributed by atoms with Crippen molar-refractivity contribution >= 4 is 84.2 Å². The van der Waals surface area contributed by atoms with Crippen molar-refractivity contribution in [3.05, 3.63) is 0 Å². The molecule has 0 fully saturated rings. The Morgan fingerprint density at radius 1 is 1.33 bits per heavy atom. The molecule has 0 aromatic rings. The van der Waals surface area contributed by atoms with Crippen molar-refractivity contribution in [1.82, 2.24) is 1.33 Å². The SMILES string of the molecule is CC(=O)OC(C)OC(=O)/N=C(/I)N(I)I.